The van der Waals surface area contributed by atoms with Crippen LogP contribution in [0.3, 0.4) is 0 Å². The molecule has 0 unspecified atom stereocenters. The third kappa shape index (κ3) is 3.71. The first-order chi connectivity index (χ1) is 14.0. The Labute approximate surface area is 166 Å². The van der Waals surface area contributed by atoms with E-state index in [1.165, 1.54) is 12.1 Å². The van der Waals surface area contributed by atoms with E-state index in [4.69, 9.17) is 9.15 Å². The Kier molecular flexibility index (Phi) is 4.79. The minimum absolute atomic E-state index is 0.159. The van der Waals surface area contributed by atoms with E-state index in [0.29, 0.717) is 11.1 Å². The van der Waals surface area contributed by atoms with Crippen LogP contribution in [-0.4, -0.2) is 11.8 Å². The smallest absolute Gasteiger partial charge is 0.344 e. The summed E-state index contributed by atoms with van der Waals surface area (Å²) in [5.41, 5.74) is 1.52. The third-order valence-corrected chi connectivity index (χ3v) is 4.56. The molecule has 0 bridgehead atoms. The fourth-order valence-corrected chi connectivity index (χ4v) is 3.13. The number of carbonyl (C=O) groups is 2. The molecule has 0 radical (unpaired) electrons. The van der Waals surface area contributed by atoms with Crippen molar-refractivity contribution in [2.45, 2.75) is 6.92 Å². The number of carbonyl (C=O) groups excluding carboxylic acids is 2. The monoisotopic (exact) mass is 384 g/mol. The van der Waals surface area contributed by atoms with Crippen molar-refractivity contribution in [1.82, 2.24) is 0 Å². The van der Waals surface area contributed by atoms with E-state index in [-0.39, 0.29) is 22.7 Å². The van der Waals surface area contributed by atoms with Gasteiger partial charge in [0, 0.05) is 28.6 Å². The van der Waals surface area contributed by atoms with Crippen LogP contribution in [0.5, 0.6) is 5.75 Å². The second kappa shape index (κ2) is 7.56. The Morgan fingerprint density at radius 1 is 0.828 bits per heavy atom. The zero-order valence-electron chi connectivity index (χ0n) is 15.5. The molecule has 5 heteroatoms. The molecule has 1 aromatic heterocycles. The lowest BCUT2D eigenvalue weighted by Crippen LogP contribution is -2.14. The fraction of sp³-hybridized carbons (Fsp3) is 0.0417. The maximum absolute atomic E-state index is 12.8. The number of benzene rings is 3. The van der Waals surface area contributed by atoms with E-state index in [1.54, 1.807) is 67.6 Å². The summed E-state index contributed by atoms with van der Waals surface area (Å²) in [5.74, 6) is -0.712. The van der Waals surface area contributed by atoms with Gasteiger partial charge in [-0.05, 0) is 30.7 Å². The van der Waals surface area contributed by atoms with Gasteiger partial charge in [-0.3, -0.25) is 4.79 Å². The fourth-order valence-electron chi connectivity index (χ4n) is 3.13. The van der Waals surface area contributed by atoms with Gasteiger partial charge in [0.15, 0.2) is 5.78 Å². The number of ketones is 1. The quantitative estimate of drug-likeness (QED) is 0.223. The summed E-state index contributed by atoms with van der Waals surface area (Å²) >= 11 is 0. The average molecular weight is 384 g/mol. The van der Waals surface area contributed by atoms with Crippen molar-refractivity contribution >= 4 is 22.7 Å². The van der Waals surface area contributed by atoms with Crippen LogP contribution in [0.4, 0.5) is 0 Å². The zero-order valence-corrected chi connectivity index (χ0v) is 15.5. The molecule has 1 heterocycles. The molecule has 0 N–H and O–H groups in total. The molecule has 3 aromatic carbocycles. The van der Waals surface area contributed by atoms with Crippen LogP contribution >= 0.6 is 0 Å². The molecule has 142 valence electrons. The number of fused-ring (bicyclic) bond motifs is 1. The van der Waals surface area contributed by atoms with Crippen molar-refractivity contribution in [2.24, 2.45) is 0 Å². The maximum atomic E-state index is 12.8. The molecule has 4 aromatic rings. The molecule has 29 heavy (non-hydrogen) atoms. The predicted molar refractivity (Wildman–Crippen MR) is 108 cm³/mol. The molecule has 0 spiro atoms. The highest BCUT2D eigenvalue weighted by Gasteiger charge is 2.19. The normalized spacial score (nSPS) is 10.7. The number of rotatable bonds is 4. The van der Waals surface area contributed by atoms with Gasteiger partial charge in [0.2, 0.25) is 0 Å². The first-order valence-electron chi connectivity index (χ1n) is 8.98. The van der Waals surface area contributed by atoms with Crippen LogP contribution < -0.4 is 10.4 Å². The van der Waals surface area contributed by atoms with Crippen molar-refractivity contribution in [3.8, 4) is 5.75 Å². The van der Waals surface area contributed by atoms with Crippen LogP contribution in [0.15, 0.2) is 88.1 Å². The molecular formula is C24H16O5. The summed E-state index contributed by atoms with van der Waals surface area (Å²) in [4.78, 5) is 37.2. The Bertz CT molecular complexity index is 1290. The summed E-state index contributed by atoms with van der Waals surface area (Å²) < 4.78 is 10.7. The van der Waals surface area contributed by atoms with Gasteiger partial charge in [-0.1, -0.05) is 48.5 Å². The third-order valence-electron chi connectivity index (χ3n) is 4.56. The SMILES string of the molecule is Cc1cc(=O)oc2cc(OC(=O)c3ccccc3C(=O)c3ccccc3)ccc12. The van der Waals surface area contributed by atoms with E-state index < -0.39 is 11.6 Å². The Hall–Kier alpha value is -3.99. The first-order valence-corrected chi connectivity index (χ1v) is 8.98. The lowest BCUT2D eigenvalue weighted by atomic mass is 9.98. The summed E-state index contributed by atoms with van der Waals surface area (Å²) in [6.45, 7) is 1.80. The summed E-state index contributed by atoms with van der Waals surface area (Å²) in [6.07, 6.45) is 0. The van der Waals surface area contributed by atoms with Gasteiger partial charge < -0.3 is 9.15 Å². The second-order valence-electron chi connectivity index (χ2n) is 6.54. The molecule has 0 saturated carbocycles. The number of hydrogen-bond acceptors (Lipinski definition) is 5. The standard InChI is InChI=1S/C24H16O5/c1-15-13-22(25)29-21-14-17(11-12-18(15)21)28-24(27)20-10-6-5-9-19(20)23(26)16-7-3-2-4-8-16/h2-14H,1H3. The number of ether oxygens (including phenoxy) is 1. The molecule has 5 nitrogen and oxygen atoms in total. The van der Waals surface area contributed by atoms with Gasteiger partial charge in [0.05, 0.1) is 5.56 Å². The molecule has 0 aliphatic carbocycles. The van der Waals surface area contributed by atoms with E-state index in [0.717, 1.165) is 10.9 Å². The minimum Gasteiger partial charge on any atom is -0.423 e. The van der Waals surface area contributed by atoms with Gasteiger partial charge >= 0.3 is 11.6 Å². The van der Waals surface area contributed by atoms with Crippen molar-refractivity contribution in [3.63, 3.8) is 0 Å². The Balaban J connectivity index is 1.67. The molecule has 0 aliphatic rings. The van der Waals surface area contributed by atoms with Gasteiger partial charge in [-0.25, -0.2) is 9.59 Å². The van der Waals surface area contributed by atoms with E-state index in [1.807, 2.05) is 6.07 Å². The second-order valence-corrected chi connectivity index (χ2v) is 6.54. The van der Waals surface area contributed by atoms with Crippen LogP contribution in [0, 0.1) is 6.92 Å². The molecule has 0 fully saturated rings. The Morgan fingerprint density at radius 3 is 2.28 bits per heavy atom. The highest BCUT2D eigenvalue weighted by molar-refractivity contribution is 6.14. The number of hydrogen-bond donors (Lipinski definition) is 0. The highest BCUT2D eigenvalue weighted by atomic mass is 16.5. The van der Waals surface area contributed by atoms with Crippen molar-refractivity contribution in [2.75, 3.05) is 0 Å². The van der Waals surface area contributed by atoms with Crippen LogP contribution in [0.2, 0.25) is 0 Å². The largest absolute Gasteiger partial charge is 0.423 e. The molecule has 0 amide bonds. The summed E-state index contributed by atoms with van der Waals surface area (Å²) in [7, 11) is 0. The van der Waals surface area contributed by atoms with Gasteiger partial charge in [0.25, 0.3) is 0 Å². The van der Waals surface area contributed by atoms with Crippen LogP contribution in [-0.2, 0) is 0 Å². The lowest BCUT2D eigenvalue weighted by Gasteiger charge is -2.09. The highest BCUT2D eigenvalue weighted by Crippen LogP contribution is 2.24. The predicted octanol–water partition coefficient (Wildman–Crippen LogP) is 4.55. The van der Waals surface area contributed by atoms with E-state index in [9.17, 15) is 14.4 Å². The minimum atomic E-state index is -0.667. The average Bonchev–Trinajstić information content (AvgIpc) is 2.73. The van der Waals surface area contributed by atoms with Gasteiger partial charge in [-0.15, -0.1) is 0 Å². The van der Waals surface area contributed by atoms with E-state index in [2.05, 4.69) is 0 Å². The molecular weight excluding hydrogens is 368 g/mol. The van der Waals surface area contributed by atoms with Crippen molar-refractivity contribution in [1.29, 1.82) is 0 Å². The summed E-state index contributed by atoms with van der Waals surface area (Å²) in [5, 5.41) is 0.754. The van der Waals surface area contributed by atoms with Crippen molar-refractivity contribution < 1.29 is 18.7 Å². The number of esters is 1. The van der Waals surface area contributed by atoms with Gasteiger partial charge in [-0.2, -0.15) is 0 Å². The van der Waals surface area contributed by atoms with Gasteiger partial charge in [0.1, 0.15) is 11.3 Å². The van der Waals surface area contributed by atoms with Crippen molar-refractivity contribution in [3.05, 3.63) is 112 Å². The number of aryl methyl sites for hydroxylation is 1. The van der Waals surface area contributed by atoms with E-state index >= 15 is 0 Å². The maximum Gasteiger partial charge on any atom is 0.344 e. The molecule has 0 atom stereocenters. The van der Waals surface area contributed by atoms with Crippen LogP contribution in [0.1, 0.15) is 31.8 Å². The molecule has 0 aliphatic heterocycles. The first kappa shape index (κ1) is 18.4. The Morgan fingerprint density at radius 2 is 1.52 bits per heavy atom. The lowest BCUT2D eigenvalue weighted by molar-refractivity contribution is 0.0730. The topological polar surface area (TPSA) is 73.6 Å². The molecule has 4 rings (SSSR count). The van der Waals surface area contributed by atoms with Crippen LogP contribution in [0.25, 0.3) is 11.0 Å². The zero-order chi connectivity index (χ0) is 20.4. The molecule has 0 saturated heterocycles. The summed E-state index contributed by atoms with van der Waals surface area (Å²) in [6, 6.07) is 21.5.